The number of halogens is 3. The average molecular weight is 498 g/mol. The summed E-state index contributed by atoms with van der Waals surface area (Å²) in [6.07, 6.45) is 1.09. The largest absolute Gasteiger partial charge is 0.496 e. The number of aliphatic carboxylic acids is 1. The van der Waals surface area contributed by atoms with Crippen molar-refractivity contribution < 1.29 is 32.6 Å². The van der Waals surface area contributed by atoms with Crippen LogP contribution < -0.4 is 10.1 Å². The first kappa shape index (κ1) is 24.1. The number of rotatable bonds is 6. The molecule has 35 heavy (non-hydrogen) atoms. The van der Waals surface area contributed by atoms with Crippen molar-refractivity contribution in [3.8, 4) is 16.9 Å². The van der Waals surface area contributed by atoms with Crippen molar-refractivity contribution in [2.45, 2.75) is 6.42 Å². The Morgan fingerprint density at radius 2 is 1.80 bits per heavy atom. The van der Waals surface area contributed by atoms with Gasteiger partial charge in [-0.15, -0.1) is 0 Å². The number of methoxy groups -OCH3 is 1. The Balaban J connectivity index is 1.56. The highest BCUT2D eigenvalue weighted by atomic mass is 32.2. The van der Waals surface area contributed by atoms with E-state index in [4.69, 9.17) is 9.84 Å². The van der Waals surface area contributed by atoms with E-state index in [1.165, 1.54) is 31.4 Å². The van der Waals surface area contributed by atoms with Crippen LogP contribution >= 0.6 is 11.8 Å². The Hall–Kier alpha value is -4.05. The molecule has 0 unspecified atom stereocenters. The van der Waals surface area contributed by atoms with Crippen molar-refractivity contribution in [2.75, 3.05) is 12.4 Å². The molecule has 0 saturated carbocycles. The lowest BCUT2D eigenvalue weighted by atomic mass is 10.0. The number of nitrogens with one attached hydrogen (secondary N) is 1. The van der Waals surface area contributed by atoms with Gasteiger partial charge in [-0.3, -0.25) is 9.59 Å². The standard InChI is InChI=1S/C25H17F3N2O4S/c1-34-21-5-3-13(15-7-17(26)11-18(27)8-15)6-16(21)9-22-24(33)30-25(35-22)29-19-4-2-14(10-23(31)32)20(28)12-19/h2-9,11-12H,10H2,1H3,(H,31,32)(H,29,30,33). The SMILES string of the molecule is COc1ccc(-c2cc(F)cc(F)c2)cc1C=C1SC(Nc2ccc(CC(=O)O)c(F)c2)=NC1=O. The first-order valence-corrected chi connectivity index (χ1v) is 11.0. The Bertz CT molecular complexity index is 1390. The lowest BCUT2D eigenvalue weighted by Crippen LogP contribution is -2.07. The smallest absolute Gasteiger partial charge is 0.307 e. The van der Waals surface area contributed by atoms with Crippen LogP contribution in [0, 0.1) is 17.5 Å². The molecule has 0 spiro atoms. The summed E-state index contributed by atoms with van der Waals surface area (Å²) in [5.74, 6) is -3.38. The van der Waals surface area contributed by atoms with Gasteiger partial charge < -0.3 is 15.2 Å². The minimum Gasteiger partial charge on any atom is -0.496 e. The molecule has 178 valence electrons. The molecule has 0 aromatic heterocycles. The number of thioether (sulfide) groups is 1. The molecule has 3 aromatic carbocycles. The van der Waals surface area contributed by atoms with Crippen LogP contribution in [0.3, 0.4) is 0 Å². The second kappa shape index (κ2) is 10.1. The highest BCUT2D eigenvalue weighted by Gasteiger charge is 2.23. The van der Waals surface area contributed by atoms with Crippen LogP contribution in [0.5, 0.6) is 5.75 Å². The quantitative estimate of drug-likeness (QED) is 0.437. The van der Waals surface area contributed by atoms with Crippen molar-refractivity contribution in [3.63, 3.8) is 0 Å². The number of amidine groups is 1. The maximum Gasteiger partial charge on any atom is 0.307 e. The fourth-order valence-electron chi connectivity index (χ4n) is 3.41. The van der Waals surface area contributed by atoms with Gasteiger partial charge in [0.1, 0.15) is 23.2 Å². The summed E-state index contributed by atoms with van der Waals surface area (Å²) in [4.78, 5) is 27.4. The van der Waals surface area contributed by atoms with Gasteiger partial charge in [0.15, 0.2) is 5.17 Å². The van der Waals surface area contributed by atoms with E-state index in [0.29, 0.717) is 28.1 Å². The first-order chi connectivity index (χ1) is 16.7. The molecule has 0 saturated heterocycles. The van der Waals surface area contributed by atoms with Crippen molar-refractivity contribution in [1.29, 1.82) is 0 Å². The maximum atomic E-state index is 14.1. The number of amides is 1. The Labute approximate surface area is 202 Å². The highest BCUT2D eigenvalue weighted by molar-refractivity contribution is 8.18. The summed E-state index contributed by atoms with van der Waals surface area (Å²) in [6.45, 7) is 0. The van der Waals surface area contributed by atoms with Gasteiger partial charge >= 0.3 is 5.97 Å². The molecule has 10 heteroatoms. The number of carboxylic acids is 1. The molecule has 0 fully saturated rings. The van der Waals surface area contributed by atoms with Crippen molar-refractivity contribution >= 4 is 40.6 Å². The number of anilines is 1. The van der Waals surface area contributed by atoms with Gasteiger partial charge in [-0.1, -0.05) is 12.1 Å². The van der Waals surface area contributed by atoms with E-state index >= 15 is 0 Å². The Morgan fingerprint density at radius 1 is 1.06 bits per heavy atom. The van der Waals surface area contributed by atoms with E-state index < -0.39 is 35.7 Å². The molecule has 0 atom stereocenters. The molecule has 1 amide bonds. The lowest BCUT2D eigenvalue weighted by molar-refractivity contribution is -0.136. The van der Waals surface area contributed by atoms with Gasteiger partial charge in [-0.05, 0) is 70.9 Å². The summed E-state index contributed by atoms with van der Waals surface area (Å²) >= 11 is 1.01. The van der Waals surface area contributed by atoms with Crippen LogP contribution in [-0.4, -0.2) is 29.3 Å². The van der Waals surface area contributed by atoms with Crippen LogP contribution in [0.1, 0.15) is 11.1 Å². The summed E-state index contributed by atoms with van der Waals surface area (Å²) < 4.78 is 46.8. The van der Waals surface area contributed by atoms with Crippen LogP contribution in [0.15, 0.2) is 64.5 Å². The van der Waals surface area contributed by atoms with E-state index in [2.05, 4.69) is 10.3 Å². The molecule has 0 bridgehead atoms. The Kier molecular flexibility index (Phi) is 6.92. The maximum absolute atomic E-state index is 14.1. The number of hydrogen-bond donors (Lipinski definition) is 2. The van der Waals surface area contributed by atoms with E-state index in [1.807, 2.05) is 0 Å². The lowest BCUT2D eigenvalue weighted by Gasteiger charge is -2.10. The fraction of sp³-hybridized carbons (Fsp3) is 0.0800. The van der Waals surface area contributed by atoms with Crippen molar-refractivity contribution in [1.82, 2.24) is 0 Å². The van der Waals surface area contributed by atoms with Crippen LogP contribution in [-0.2, 0) is 16.0 Å². The van der Waals surface area contributed by atoms with Gasteiger partial charge in [0.25, 0.3) is 5.91 Å². The van der Waals surface area contributed by atoms with E-state index in [0.717, 1.165) is 23.9 Å². The zero-order valence-corrected chi connectivity index (χ0v) is 19.0. The van der Waals surface area contributed by atoms with Gasteiger partial charge in [0.05, 0.1) is 18.4 Å². The molecule has 6 nitrogen and oxygen atoms in total. The fourth-order valence-corrected chi connectivity index (χ4v) is 4.23. The van der Waals surface area contributed by atoms with Crippen molar-refractivity contribution in [2.24, 2.45) is 4.99 Å². The highest BCUT2D eigenvalue weighted by Crippen LogP contribution is 2.34. The minimum atomic E-state index is -1.15. The predicted octanol–water partition coefficient (Wildman–Crippen LogP) is 5.49. The molecular weight excluding hydrogens is 481 g/mol. The van der Waals surface area contributed by atoms with E-state index in [1.54, 1.807) is 24.3 Å². The second-order valence-electron chi connectivity index (χ2n) is 7.45. The third-order valence-corrected chi connectivity index (χ3v) is 5.88. The first-order valence-electron chi connectivity index (χ1n) is 10.2. The van der Waals surface area contributed by atoms with Crippen LogP contribution in [0.25, 0.3) is 17.2 Å². The number of nitrogens with zero attached hydrogens (tertiary/aromatic N) is 1. The van der Waals surface area contributed by atoms with Gasteiger partial charge in [-0.25, -0.2) is 13.2 Å². The third kappa shape index (κ3) is 5.72. The van der Waals surface area contributed by atoms with Crippen LogP contribution in [0.4, 0.5) is 18.9 Å². The van der Waals surface area contributed by atoms with E-state index in [9.17, 15) is 22.8 Å². The number of hydrogen-bond acceptors (Lipinski definition) is 5. The molecule has 2 N–H and O–H groups in total. The summed E-state index contributed by atoms with van der Waals surface area (Å²) in [7, 11) is 1.45. The number of carbonyl (C=O) groups is 2. The number of aliphatic imine (C=N–C) groups is 1. The van der Waals surface area contributed by atoms with Gasteiger partial charge in [-0.2, -0.15) is 4.99 Å². The number of carboxylic acid groups (broad SMARTS) is 1. The number of ether oxygens (including phenoxy) is 1. The topological polar surface area (TPSA) is 88.0 Å². The average Bonchev–Trinajstić information content (AvgIpc) is 3.13. The Morgan fingerprint density at radius 3 is 2.46 bits per heavy atom. The number of carbonyl (C=O) groups excluding carboxylic acids is 1. The molecule has 1 aliphatic heterocycles. The molecule has 1 aliphatic rings. The van der Waals surface area contributed by atoms with E-state index in [-0.39, 0.29) is 15.6 Å². The zero-order valence-electron chi connectivity index (χ0n) is 18.1. The summed E-state index contributed by atoms with van der Waals surface area (Å²) in [6, 6.07) is 12.0. The zero-order chi connectivity index (χ0) is 25.1. The predicted molar refractivity (Wildman–Crippen MR) is 128 cm³/mol. The monoisotopic (exact) mass is 498 g/mol. The van der Waals surface area contributed by atoms with Crippen LogP contribution in [0.2, 0.25) is 0 Å². The molecule has 0 aliphatic carbocycles. The van der Waals surface area contributed by atoms with Gasteiger partial charge in [0.2, 0.25) is 0 Å². The third-order valence-electron chi connectivity index (χ3n) is 4.98. The molecule has 1 heterocycles. The second-order valence-corrected chi connectivity index (χ2v) is 8.48. The molecular formula is C25H17F3N2O4S. The summed E-state index contributed by atoms with van der Waals surface area (Å²) in [5.41, 5.74) is 1.66. The normalized spacial score (nSPS) is 14.2. The van der Waals surface area contributed by atoms with Crippen molar-refractivity contribution in [3.05, 3.63) is 88.1 Å². The molecule has 4 rings (SSSR count). The molecule has 3 aromatic rings. The number of benzene rings is 3. The van der Waals surface area contributed by atoms with Gasteiger partial charge in [0, 0.05) is 17.3 Å². The summed E-state index contributed by atoms with van der Waals surface area (Å²) in [5, 5.41) is 11.9. The minimum absolute atomic E-state index is 0.0332. The molecule has 0 radical (unpaired) electrons.